The first-order chi connectivity index (χ1) is 14.7. The number of hydrogen-bond donors (Lipinski definition) is 1. The summed E-state index contributed by atoms with van der Waals surface area (Å²) in [6, 6.07) is 9.62. The molecule has 1 aliphatic heterocycles. The molecule has 0 radical (unpaired) electrons. The Kier molecular flexibility index (Phi) is 5.00. The minimum absolute atomic E-state index is 0.212. The summed E-state index contributed by atoms with van der Waals surface area (Å²) in [6.07, 6.45) is 7.98. The molecule has 1 aromatic carbocycles. The van der Waals surface area contributed by atoms with Crippen LogP contribution in [0.3, 0.4) is 0 Å². The van der Waals surface area contributed by atoms with E-state index in [-0.39, 0.29) is 6.10 Å². The Morgan fingerprint density at radius 3 is 2.57 bits per heavy atom. The third-order valence-corrected chi connectivity index (χ3v) is 6.12. The summed E-state index contributed by atoms with van der Waals surface area (Å²) >= 11 is 0. The molecule has 1 saturated heterocycles. The summed E-state index contributed by atoms with van der Waals surface area (Å²) in [6.45, 7) is 1.71. The second-order valence-corrected chi connectivity index (χ2v) is 7.98. The molecule has 2 fully saturated rings. The van der Waals surface area contributed by atoms with Crippen LogP contribution in [-0.2, 0) is 0 Å². The van der Waals surface area contributed by atoms with Gasteiger partial charge in [0.1, 0.15) is 11.9 Å². The molecular formula is C22H25N5O3. The summed E-state index contributed by atoms with van der Waals surface area (Å²) in [5, 5.41) is 10.7. The van der Waals surface area contributed by atoms with Crippen molar-refractivity contribution < 1.29 is 14.6 Å². The highest BCUT2D eigenvalue weighted by atomic mass is 16.5. The summed E-state index contributed by atoms with van der Waals surface area (Å²) in [5.74, 6) is 2.88. The van der Waals surface area contributed by atoms with Crippen LogP contribution >= 0.6 is 0 Å². The standard InChI is InChI=1S/C22H25N5O3/c1-29-21-6-7-24-22(25-21)27-12-15-10-19(28)20(11-16(15)13-27)30-18-4-2-17(3-5-18)26-9-8-23-14-26/h2-9,14-16,19-20,28H,10-13H2,1H3/t15-,16+,19+,20+/m0/s1. The lowest BCUT2D eigenvalue weighted by molar-refractivity contribution is -0.0231. The molecule has 8 heteroatoms. The van der Waals surface area contributed by atoms with Crippen LogP contribution in [0.4, 0.5) is 5.95 Å². The maximum atomic E-state index is 10.7. The number of imidazole rings is 1. The zero-order chi connectivity index (χ0) is 20.5. The van der Waals surface area contributed by atoms with Gasteiger partial charge in [-0.25, -0.2) is 9.97 Å². The topological polar surface area (TPSA) is 85.5 Å². The molecule has 2 aromatic heterocycles. The lowest BCUT2D eigenvalue weighted by Gasteiger charge is -2.35. The van der Waals surface area contributed by atoms with Gasteiger partial charge in [0, 0.05) is 43.4 Å². The Bertz CT molecular complexity index is 979. The first-order valence-corrected chi connectivity index (χ1v) is 10.2. The fourth-order valence-electron chi connectivity index (χ4n) is 4.56. The van der Waals surface area contributed by atoms with Gasteiger partial charge in [0.25, 0.3) is 0 Å². The molecule has 8 nitrogen and oxygen atoms in total. The van der Waals surface area contributed by atoms with E-state index in [1.165, 1.54) is 0 Å². The Morgan fingerprint density at radius 2 is 1.83 bits per heavy atom. The molecule has 0 spiro atoms. The molecule has 2 aliphatic rings. The molecule has 5 rings (SSSR count). The van der Waals surface area contributed by atoms with E-state index in [9.17, 15) is 5.11 Å². The fraction of sp³-hybridized carbons (Fsp3) is 0.409. The van der Waals surface area contributed by atoms with Crippen LogP contribution in [0.2, 0.25) is 0 Å². The summed E-state index contributed by atoms with van der Waals surface area (Å²) in [5.41, 5.74) is 1.02. The Balaban J connectivity index is 1.24. The van der Waals surface area contributed by atoms with E-state index < -0.39 is 6.10 Å². The van der Waals surface area contributed by atoms with E-state index in [1.54, 1.807) is 31.9 Å². The van der Waals surface area contributed by atoms with Gasteiger partial charge in [0.05, 0.1) is 19.5 Å². The van der Waals surface area contributed by atoms with Gasteiger partial charge in [-0.15, -0.1) is 0 Å². The predicted molar refractivity (Wildman–Crippen MR) is 111 cm³/mol. The van der Waals surface area contributed by atoms with E-state index in [2.05, 4.69) is 19.9 Å². The van der Waals surface area contributed by atoms with Gasteiger partial charge in [-0.1, -0.05) is 0 Å². The van der Waals surface area contributed by atoms with Crippen LogP contribution in [0.1, 0.15) is 12.8 Å². The van der Waals surface area contributed by atoms with Gasteiger partial charge in [0.15, 0.2) is 0 Å². The quantitative estimate of drug-likeness (QED) is 0.695. The first kappa shape index (κ1) is 18.9. The van der Waals surface area contributed by atoms with Gasteiger partial charge in [-0.3, -0.25) is 0 Å². The molecule has 1 saturated carbocycles. The average Bonchev–Trinajstić information content (AvgIpc) is 3.45. The van der Waals surface area contributed by atoms with Gasteiger partial charge < -0.3 is 24.0 Å². The van der Waals surface area contributed by atoms with E-state index in [0.717, 1.165) is 37.4 Å². The maximum Gasteiger partial charge on any atom is 0.228 e. The Hall–Kier alpha value is -3.13. The van der Waals surface area contributed by atoms with E-state index in [0.29, 0.717) is 23.7 Å². The highest BCUT2D eigenvalue weighted by molar-refractivity contribution is 5.38. The molecule has 4 atom stereocenters. The molecule has 0 bridgehead atoms. The van der Waals surface area contributed by atoms with Gasteiger partial charge in [0.2, 0.25) is 11.8 Å². The average molecular weight is 407 g/mol. The number of nitrogens with zero attached hydrogens (tertiary/aromatic N) is 5. The summed E-state index contributed by atoms with van der Waals surface area (Å²) in [7, 11) is 1.61. The molecule has 0 amide bonds. The van der Waals surface area contributed by atoms with Crippen molar-refractivity contribution in [1.82, 2.24) is 19.5 Å². The number of ether oxygens (including phenoxy) is 2. The molecular weight excluding hydrogens is 382 g/mol. The lowest BCUT2D eigenvalue weighted by atomic mass is 9.78. The molecule has 0 unspecified atom stereocenters. The highest BCUT2D eigenvalue weighted by Gasteiger charge is 2.43. The van der Waals surface area contributed by atoms with Crippen LogP contribution in [0.25, 0.3) is 5.69 Å². The number of aliphatic hydroxyl groups is 1. The number of hydrogen-bond acceptors (Lipinski definition) is 7. The number of aliphatic hydroxyl groups excluding tert-OH is 1. The van der Waals surface area contributed by atoms with Crippen LogP contribution in [-0.4, -0.2) is 57.0 Å². The normalized spacial score (nSPS) is 25.7. The minimum atomic E-state index is -0.481. The smallest absolute Gasteiger partial charge is 0.228 e. The predicted octanol–water partition coefficient (Wildman–Crippen LogP) is 2.33. The molecule has 1 aliphatic carbocycles. The van der Waals surface area contributed by atoms with Crippen LogP contribution < -0.4 is 14.4 Å². The molecule has 1 N–H and O–H groups in total. The first-order valence-electron chi connectivity index (χ1n) is 10.2. The van der Waals surface area contributed by atoms with E-state index in [4.69, 9.17) is 9.47 Å². The third-order valence-electron chi connectivity index (χ3n) is 6.12. The monoisotopic (exact) mass is 407 g/mol. The van der Waals surface area contributed by atoms with Gasteiger partial charge in [-0.2, -0.15) is 4.98 Å². The van der Waals surface area contributed by atoms with Crippen molar-refractivity contribution in [2.24, 2.45) is 11.8 Å². The van der Waals surface area contributed by atoms with Crippen molar-refractivity contribution in [3.63, 3.8) is 0 Å². The largest absolute Gasteiger partial charge is 0.488 e. The van der Waals surface area contributed by atoms with Crippen molar-refractivity contribution in [3.8, 4) is 17.3 Å². The second-order valence-electron chi connectivity index (χ2n) is 7.98. The lowest BCUT2D eigenvalue weighted by Crippen LogP contribution is -2.42. The Labute approximate surface area is 175 Å². The van der Waals surface area contributed by atoms with Crippen LogP contribution in [0.15, 0.2) is 55.2 Å². The maximum absolute atomic E-state index is 10.7. The zero-order valence-corrected chi connectivity index (χ0v) is 16.8. The molecule has 3 heterocycles. The molecule has 156 valence electrons. The second kappa shape index (κ2) is 7.95. The number of anilines is 1. The summed E-state index contributed by atoms with van der Waals surface area (Å²) in [4.78, 5) is 15.1. The van der Waals surface area contributed by atoms with E-state index in [1.807, 2.05) is 35.0 Å². The fourth-order valence-corrected chi connectivity index (χ4v) is 4.56. The molecule has 3 aromatic rings. The number of rotatable bonds is 5. The number of fused-ring (bicyclic) bond motifs is 1. The van der Waals surface area contributed by atoms with Crippen molar-refractivity contribution in [3.05, 3.63) is 55.2 Å². The van der Waals surface area contributed by atoms with Crippen molar-refractivity contribution in [1.29, 1.82) is 0 Å². The van der Waals surface area contributed by atoms with Crippen molar-refractivity contribution in [2.45, 2.75) is 25.0 Å². The zero-order valence-electron chi connectivity index (χ0n) is 16.8. The molecule has 30 heavy (non-hydrogen) atoms. The highest BCUT2D eigenvalue weighted by Crippen LogP contribution is 2.39. The van der Waals surface area contributed by atoms with E-state index >= 15 is 0 Å². The number of aromatic nitrogens is 4. The third kappa shape index (κ3) is 3.70. The summed E-state index contributed by atoms with van der Waals surface area (Å²) < 4.78 is 13.3. The number of methoxy groups -OCH3 is 1. The van der Waals surface area contributed by atoms with Crippen LogP contribution in [0, 0.1) is 11.8 Å². The minimum Gasteiger partial charge on any atom is -0.488 e. The van der Waals surface area contributed by atoms with Crippen molar-refractivity contribution in [2.75, 3.05) is 25.1 Å². The SMILES string of the molecule is COc1ccnc(N2C[C@H]3C[C@@H](Oc4ccc(-n5ccnc5)cc4)[C@H](O)C[C@H]3C2)n1. The van der Waals surface area contributed by atoms with Crippen LogP contribution in [0.5, 0.6) is 11.6 Å². The number of benzene rings is 1. The van der Waals surface area contributed by atoms with Gasteiger partial charge >= 0.3 is 0 Å². The van der Waals surface area contributed by atoms with Crippen molar-refractivity contribution >= 4 is 5.95 Å². The van der Waals surface area contributed by atoms with Gasteiger partial charge in [-0.05, 0) is 48.9 Å². The Morgan fingerprint density at radius 1 is 1.03 bits per heavy atom.